The number of hydrogen-bond acceptors (Lipinski definition) is 2. The second-order valence-electron chi connectivity index (χ2n) is 7.67. The molecular weight excluding hydrogens is 545 g/mol. The molecule has 33 heavy (non-hydrogen) atoms. The van der Waals surface area contributed by atoms with Crippen LogP contribution < -0.4 is 24.8 Å². The quantitative estimate of drug-likeness (QED) is 0.258. The van der Waals surface area contributed by atoms with Gasteiger partial charge in [-0.3, -0.25) is 9.36 Å². The monoisotopic (exact) mass is 568 g/mol. The average molecular weight is 571 g/mol. The van der Waals surface area contributed by atoms with Gasteiger partial charge in [-0.25, -0.2) is 9.36 Å². The van der Waals surface area contributed by atoms with E-state index in [9.17, 15) is 0 Å². The summed E-state index contributed by atoms with van der Waals surface area (Å²) in [5.74, 6) is 0.0809. The summed E-state index contributed by atoms with van der Waals surface area (Å²) in [6.45, 7) is 6.47. The maximum absolute atomic E-state index is 5.97. The van der Waals surface area contributed by atoms with E-state index in [4.69, 9.17) is 24.4 Å². The Morgan fingerprint density at radius 1 is 0.636 bits per heavy atom. The Morgan fingerprint density at radius 2 is 0.939 bits per heavy atom. The van der Waals surface area contributed by atoms with Crippen LogP contribution in [0.4, 0.5) is 0 Å². The first-order chi connectivity index (χ1) is 14.3. The van der Waals surface area contributed by atoms with E-state index in [1.807, 2.05) is 36.4 Å². The van der Waals surface area contributed by atoms with Crippen molar-refractivity contribution in [1.29, 1.82) is 0 Å². The van der Waals surface area contributed by atoms with Gasteiger partial charge >= 0.3 is 19.5 Å². The molecule has 2 heterocycles. The minimum absolute atomic E-state index is 0. The molecule has 0 fully saturated rings. The molecule has 0 amide bonds. The Balaban J connectivity index is 0.00000181. The van der Waals surface area contributed by atoms with Gasteiger partial charge in [0.05, 0.1) is 11.4 Å². The van der Waals surface area contributed by atoms with Crippen molar-refractivity contribution < 1.29 is 44.3 Å². The summed E-state index contributed by atoms with van der Waals surface area (Å²) < 4.78 is 10.1. The zero-order valence-corrected chi connectivity index (χ0v) is 25.5. The van der Waals surface area contributed by atoms with Crippen LogP contribution in [0.15, 0.2) is 60.7 Å². The van der Waals surface area contributed by atoms with E-state index in [-0.39, 0.29) is 50.2 Å². The molecule has 170 valence electrons. The molecule has 0 spiro atoms. The van der Waals surface area contributed by atoms with Crippen molar-refractivity contribution >= 4 is 24.4 Å². The van der Waals surface area contributed by atoms with Crippen molar-refractivity contribution in [2.75, 3.05) is 0 Å². The van der Waals surface area contributed by atoms with Gasteiger partial charge in [-0.05, 0) is 38.1 Å². The molecule has 0 N–H and O–H groups in total. The molecule has 2 aromatic heterocycles. The van der Waals surface area contributed by atoms with Crippen LogP contribution in [0, 0.1) is 23.1 Å². The van der Waals surface area contributed by atoms with Gasteiger partial charge in [0.1, 0.15) is 9.28 Å². The molecule has 0 radical (unpaired) electrons. The first-order valence-electron chi connectivity index (χ1n) is 10.0. The summed E-state index contributed by atoms with van der Waals surface area (Å²) in [4.78, 5) is 0. The minimum atomic E-state index is 0. The molecule has 4 nitrogen and oxygen atoms in total. The number of hydrogen-bond donors (Lipinski definition) is 0. The van der Waals surface area contributed by atoms with E-state index in [2.05, 4.69) is 77.9 Å². The van der Waals surface area contributed by atoms with Crippen LogP contribution in [0.1, 0.15) is 35.4 Å². The third-order valence-electron chi connectivity index (χ3n) is 6.06. The normalized spacial score (nSPS) is 10.4. The fraction of sp³-hybridized carbons (Fsp3) is 0.250. The van der Waals surface area contributed by atoms with Gasteiger partial charge in [0.2, 0.25) is 0 Å². The van der Waals surface area contributed by atoms with Gasteiger partial charge < -0.3 is 24.8 Å². The Labute approximate surface area is 230 Å². The van der Waals surface area contributed by atoms with Crippen molar-refractivity contribution in [2.45, 2.75) is 26.7 Å². The number of halogens is 2. The Hall–Kier alpha value is -1.50. The second kappa shape index (κ2) is 11.8. The maximum Gasteiger partial charge on any atom is 2.00 e. The van der Waals surface area contributed by atoms with E-state index < -0.39 is 0 Å². The van der Waals surface area contributed by atoms with E-state index in [1.54, 1.807) is 0 Å². The van der Waals surface area contributed by atoms with Crippen molar-refractivity contribution in [3.05, 3.63) is 92.5 Å². The topological polar surface area (TPSA) is 19.7 Å². The molecule has 0 unspecified atom stereocenters. The predicted molar refractivity (Wildman–Crippen MR) is 128 cm³/mol. The van der Waals surface area contributed by atoms with Crippen molar-refractivity contribution in [1.82, 2.24) is 18.7 Å². The van der Waals surface area contributed by atoms with E-state index in [1.165, 1.54) is 0 Å². The first-order valence-corrected chi connectivity index (χ1v) is 10.8. The summed E-state index contributed by atoms with van der Waals surface area (Å²) in [6.07, 6.45) is 0. The van der Waals surface area contributed by atoms with Crippen molar-refractivity contribution in [2.24, 2.45) is 14.1 Å². The van der Waals surface area contributed by atoms with Gasteiger partial charge in [-0.2, -0.15) is 0 Å². The van der Waals surface area contributed by atoms with Crippen LogP contribution in [0.3, 0.4) is 0 Å². The van der Waals surface area contributed by atoms with Crippen LogP contribution in [0.5, 0.6) is 0 Å². The minimum Gasteiger partial charge on any atom is -1.00 e. The van der Waals surface area contributed by atoms with E-state index in [0.717, 1.165) is 43.2 Å². The van der Waals surface area contributed by atoms with Gasteiger partial charge in [0.25, 0.3) is 0 Å². The number of para-hydroxylation sites is 2. The van der Waals surface area contributed by atoms with E-state index in [0.29, 0.717) is 0 Å². The number of rotatable bonds is 4. The second-order valence-corrected chi connectivity index (χ2v) is 8.45. The molecule has 0 atom stereocenters. The summed E-state index contributed by atoms with van der Waals surface area (Å²) in [5.41, 5.74) is 6.73. The zero-order chi connectivity index (χ0) is 21.6. The van der Waals surface area contributed by atoms with Gasteiger partial charge in [-0.1, -0.05) is 67.8 Å². The van der Waals surface area contributed by atoms with Crippen molar-refractivity contribution in [3.63, 3.8) is 0 Å². The van der Waals surface area contributed by atoms with E-state index >= 15 is 0 Å². The Kier molecular flexibility index (Phi) is 10.5. The predicted octanol–water partition coefficient (Wildman–Crippen LogP) is 0.178. The molecule has 9 heteroatoms. The molecule has 2 aromatic carbocycles. The largest absolute Gasteiger partial charge is 2.00 e. The average Bonchev–Trinajstić information content (AvgIpc) is 3.11. The molecule has 0 bridgehead atoms. The van der Waals surface area contributed by atoms with Gasteiger partial charge in [0, 0.05) is 42.5 Å². The summed E-state index contributed by atoms with van der Waals surface area (Å²) >= 11 is 11.9. The summed E-state index contributed by atoms with van der Waals surface area (Å²) in [6, 6.07) is 20.5. The number of nitrogens with zero attached hydrogens (tertiary/aromatic N) is 4. The number of aromatic nitrogens is 4. The fourth-order valence-electron chi connectivity index (χ4n) is 4.32. The molecule has 0 aliphatic carbocycles. The molecule has 4 aromatic rings. The molecule has 4 rings (SSSR count). The maximum atomic E-state index is 5.97. The Morgan fingerprint density at radius 3 is 1.24 bits per heavy atom. The standard InChI is InChI=1S/C24H26N4S2.2ClH.Zn/c1-16(21-17(2)25(4)27(23(21)29)19-12-8-6-9-13-19)22-18(3)26(5)28(24(22)30)20-14-10-7-11-15-20;;;/h6-16H,1-5H3;2*1H;/q;;;+2/p-2. The van der Waals surface area contributed by atoms with Crippen LogP contribution in [-0.2, 0) is 33.6 Å². The molecular formula is C24H26Cl2N4S2Zn. The third-order valence-corrected chi connectivity index (χ3v) is 6.85. The van der Waals surface area contributed by atoms with Crippen molar-refractivity contribution in [3.8, 4) is 11.4 Å². The van der Waals surface area contributed by atoms with Crippen LogP contribution in [0.25, 0.3) is 11.4 Å². The molecule has 0 saturated carbocycles. The van der Waals surface area contributed by atoms with Gasteiger partial charge in [0.15, 0.2) is 0 Å². The molecule has 0 aliphatic heterocycles. The summed E-state index contributed by atoms with van der Waals surface area (Å²) in [7, 11) is 4.12. The number of benzene rings is 2. The fourth-order valence-corrected chi connectivity index (χ4v) is 5.42. The summed E-state index contributed by atoms with van der Waals surface area (Å²) in [5, 5.41) is 0. The van der Waals surface area contributed by atoms with Crippen LogP contribution >= 0.6 is 24.4 Å². The first kappa shape index (κ1) is 29.5. The Bertz CT molecular complexity index is 1240. The third kappa shape index (κ3) is 4.99. The van der Waals surface area contributed by atoms with Crippen LogP contribution in [-0.4, -0.2) is 18.7 Å². The van der Waals surface area contributed by atoms with Gasteiger partial charge in [-0.15, -0.1) is 0 Å². The molecule has 0 aliphatic rings. The van der Waals surface area contributed by atoms with Crippen LogP contribution in [0.2, 0.25) is 0 Å². The smallest absolute Gasteiger partial charge is 1.00 e. The zero-order valence-electron chi connectivity index (χ0n) is 19.4. The molecule has 0 saturated heterocycles. The SMILES string of the molecule is Cc1c(C(C)c2c(C)n(C)n(-c3ccccc3)c2=S)c(=S)n(-c2ccccc2)n1C.[Cl-].[Cl-].[Zn+2].